The minimum atomic E-state index is 0.658. The van der Waals surface area contributed by atoms with Crippen molar-refractivity contribution in [1.82, 2.24) is 20.2 Å². The van der Waals surface area contributed by atoms with E-state index in [4.69, 9.17) is 5.73 Å². The van der Waals surface area contributed by atoms with Crippen LogP contribution in [-0.4, -0.2) is 26.8 Å². The van der Waals surface area contributed by atoms with Gasteiger partial charge in [-0.05, 0) is 47.8 Å². The van der Waals surface area contributed by atoms with Gasteiger partial charge in [0.05, 0.1) is 7.05 Å². The van der Waals surface area contributed by atoms with Crippen LogP contribution in [-0.2, 0) is 13.5 Å². The average Bonchev–Trinajstić information content (AvgIpc) is 2.94. The molecule has 0 bridgehead atoms. The van der Waals surface area contributed by atoms with E-state index in [0.717, 1.165) is 12.0 Å². The second-order valence-electron chi connectivity index (χ2n) is 4.11. The van der Waals surface area contributed by atoms with Crippen molar-refractivity contribution in [3.8, 4) is 11.4 Å². The number of aryl methyl sites for hydroxylation is 1. The van der Waals surface area contributed by atoms with Gasteiger partial charge in [0.2, 0.25) is 5.82 Å². The van der Waals surface area contributed by atoms with Gasteiger partial charge in [0.15, 0.2) is 0 Å². The lowest BCUT2D eigenvalue weighted by Crippen LogP contribution is -2.00. The molecule has 0 atom stereocenters. The number of tetrazole rings is 1. The molecule has 92 valence electrons. The van der Waals surface area contributed by atoms with Crippen LogP contribution >= 0.6 is 11.3 Å². The van der Waals surface area contributed by atoms with Crippen LogP contribution in [0.3, 0.4) is 0 Å². The molecule has 2 heterocycles. The summed E-state index contributed by atoms with van der Waals surface area (Å²) in [6.07, 6.45) is 0.929. The maximum Gasteiger partial charge on any atom is 0.204 e. The van der Waals surface area contributed by atoms with Crippen LogP contribution in [0.25, 0.3) is 21.5 Å². The molecule has 0 amide bonds. The summed E-state index contributed by atoms with van der Waals surface area (Å²) in [6.45, 7) is 0.686. The Morgan fingerprint density at radius 1 is 1.33 bits per heavy atom. The summed E-state index contributed by atoms with van der Waals surface area (Å²) >= 11 is 1.79. The van der Waals surface area contributed by atoms with Crippen molar-refractivity contribution in [3.05, 3.63) is 29.1 Å². The predicted molar refractivity (Wildman–Crippen MR) is 72.4 cm³/mol. The van der Waals surface area contributed by atoms with E-state index >= 15 is 0 Å². The molecule has 0 aliphatic rings. The number of rotatable bonds is 3. The van der Waals surface area contributed by atoms with Crippen molar-refractivity contribution >= 4 is 21.4 Å². The number of aromatic nitrogens is 4. The maximum atomic E-state index is 5.58. The Kier molecular flexibility index (Phi) is 2.81. The first-order chi connectivity index (χ1) is 8.76. The van der Waals surface area contributed by atoms with E-state index in [2.05, 4.69) is 33.6 Å². The van der Waals surface area contributed by atoms with Gasteiger partial charge in [0.1, 0.15) is 0 Å². The fourth-order valence-corrected chi connectivity index (χ4v) is 2.96. The summed E-state index contributed by atoms with van der Waals surface area (Å²) in [5.41, 5.74) is 6.57. The highest BCUT2D eigenvalue weighted by Gasteiger charge is 2.07. The topological polar surface area (TPSA) is 69.6 Å². The summed E-state index contributed by atoms with van der Waals surface area (Å²) in [7, 11) is 1.76. The van der Waals surface area contributed by atoms with E-state index in [9.17, 15) is 0 Å². The zero-order chi connectivity index (χ0) is 12.5. The molecule has 5 nitrogen and oxygen atoms in total. The Labute approximate surface area is 108 Å². The Morgan fingerprint density at radius 2 is 2.22 bits per heavy atom. The zero-order valence-corrected chi connectivity index (χ0v) is 10.8. The predicted octanol–water partition coefficient (Wildman–Crippen LogP) is 1.59. The van der Waals surface area contributed by atoms with Crippen LogP contribution in [0.2, 0.25) is 0 Å². The number of hydrogen-bond donors (Lipinski definition) is 1. The molecule has 18 heavy (non-hydrogen) atoms. The average molecular weight is 259 g/mol. The zero-order valence-electron chi connectivity index (χ0n) is 10.00. The molecule has 0 aliphatic heterocycles. The van der Waals surface area contributed by atoms with Gasteiger partial charge in [-0.2, -0.15) is 4.80 Å². The van der Waals surface area contributed by atoms with E-state index in [0.29, 0.717) is 12.4 Å². The fraction of sp³-hybridized carbons (Fsp3) is 0.250. The van der Waals surface area contributed by atoms with Crippen LogP contribution in [0.1, 0.15) is 4.88 Å². The van der Waals surface area contributed by atoms with Gasteiger partial charge in [-0.3, -0.25) is 0 Å². The summed E-state index contributed by atoms with van der Waals surface area (Å²) in [5, 5.41) is 13.3. The summed E-state index contributed by atoms with van der Waals surface area (Å²) in [6, 6.07) is 8.42. The summed E-state index contributed by atoms with van der Waals surface area (Å²) in [5.74, 6) is 0.658. The number of fused-ring (bicyclic) bond motifs is 1. The van der Waals surface area contributed by atoms with Gasteiger partial charge in [-0.25, -0.2) is 0 Å². The molecule has 3 rings (SSSR count). The molecule has 0 saturated carbocycles. The van der Waals surface area contributed by atoms with Gasteiger partial charge in [-0.1, -0.05) is 0 Å². The molecule has 6 heteroatoms. The normalized spacial score (nSPS) is 11.2. The lowest BCUT2D eigenvalue weighted by Gasteiger charge is -1.94. The van der Waals surface area contributed by atoms with E-state index in [1.54, 1.807) is 18.4 Å². The highest BCUT2D eigenvalue weighted by atomic mass is 32.1. The van der Waals surface area contributed by atoms with Crippen molar-refractivity contribution in [2.45, 2.75) is 6.42 Å². The highest BCUT2D eigenvalue weighted by Crippen LogP contribution is 2.29. The van der Waals surface area contributed by atoms with Crippen molar-refractivity contribution in [3.63, 3.8) is 0 Å². The van der Waals surface area contributed by atoms with Gasteiger partial charge in [-0.15, -0.1) is 21.5 Å². The van der Waals surface area contributed by atoms with Crippen LogP contribution < -0.4 is 5.73 Å². The van der Waals surface area contributed by atoms with Crippen molar-refractivity contribution < 1.29 is 0 Å². The van der Waals surface area contributed by atoms with Gasteiger partial charge in [0.25, 0.3) is 0 Å². The van der Waals surface area contributed by atoms with Crippen molar-refractivity contribution in [2.75, 3.05) is 6.54 Å². The van der Waals surface area contributed by atoms with Crippen LogP contribution in [0.4, 0.5) is 0 Å². The van der Waals surface area contributed by atoms with E-state index in [-0.39, 0.29) is 0 Å². The number of nitrogens with zero attached hydrogens (tertiary/aromatic N) is 4. The first-order valence-corrected chi connectivity index (χ1v) is 6.55. The first-order valence-electron chi connectivity index (χ1n) is 5.73. The third-order valence-corrected chi connectivity index (χ3v) is 3.90. The maximum absolute atomic E-state index is 5.58. The highest BCUT2D eigenvalue weighted by molar-refractivity contribution is 7.19. The van der Waals surface area contributed by atoms with Crippen LogP contribution in [0, 0.1) is 0 Å². The number of benzene rings is 1. The van der Waals surface area contributed by atoms with Crippen molar-refractivity contribution in [2.24, 2.45) is 12.8 Å². The largest absolute Gasteiger partial charge is 0.330 e. The summed E-state index contributed by atoms with van der Waals surface area (Å²) < 4.78 is 1.27. The Hall–Kier alpha value is -1.79. The van der Waals surface area contributed by atoms with E-state index in [1.807, 2.05) is 6.07 Å². The molecule has 2 N–H and O–H groups in total. The molecule has 2 aromatic heterocycles. The number of hydrogen-bond acceptors (Lipinski definition) is 5. The SMILES string of the molecule is Cn1nnc(-c2ccc3sc(CCN)cc3c2)n1. The van der Waals surface area contributed by atoms with Crippen molar-refractivity contribution in [1.29, 1.82) is 0 Å². The Bertz CT molecular complexity index is 685. The second kappa shape index (κ2) is 4.47. The molecule has 3 aromatic rings. The van der Waals surface area contributed by atoms with Crippen LogP contribution in [0.15, 0.2) is 24.3 Å². The molecule has 0 unspecified atom stereocenters. The lowest BCUT2D eigenvalue weighted by atomic mass is 10.1. The molecular formula is C12H13N5S. The minimum absolute atomic E-state index is 0.658. The third kappa shape index (κ3) is 2.00. The Morgan fingerprint density at radius 3 is 2.94 bits per heavy atom. The first kappa shape index (κ1) is 11.3. The standard InChI is InChI=1S/C12H13N5S/c1-17-15-12(14-16-17)8-2-3-11-9(6-8)7-10(18-11)4-5-13/h2-3,6-7H,4-5,13H2,1H3. The van der Waals surface area contributed by atoms with Gasteiger partial charge < -0.3 is 5.73 Å². The monoisotopic (exact) mass is 259 g/mol. The van der Waals surface area contributed by atoms with E-state index in [1.165, 1.54) is 19.8 Å². The third-order valence-electron chi connectivity index (χ3n) is 2.72. The van der Waals surface area contributed by atoms with E-state index < -0.39 is 0 Å². The summed E-state index contributed by atoms with van der Waals surface area (Å²) in [4.78, 5) is 2.78. The molecule has 0 spiro atoms. The fourth-order valence-electron chi connectivity index (χ4n) is 1.90. The molecule has 0 fully saturated rings. The smallest absolute Gasteiger partial charge is 0.204 e. The molecule has 1 aromatic carbocycles. The molecular weight excluding hydrogens is 246 g/mol. The molecule has 0 radical (unpaired) electrons. The number of nitrogens with two attached hydrogens (primary N) is 1. The molecule has 0 aliphatic carbocycles. The van der Waals surface area contributed by atoms with Gasteiger partial charge >= 0.3 is 0 Å². The second-order valence-corrected chi connectivity index (χ2v) is 5.27. The lowest BCUT2D eigenvalue weighted by molar-refractivity contribution is 0.630. The minimum Gasteiger partial charge on any atom is -0.330 e. The number of thiophene rings is 1. The molecule has 0 saturated heterocycles. The quantitative estimate of drug-likeness (QED) is 0.775. The Balaban J connectivity index is 2.05. The van der Waals surface area contributed by atoms with Crippen LogP contribution in [0.5, 0.6) is 0 Å². The van der Waals surface area contributed by atoms with Gasteiger partial charge in [0, 0.05) is 15.1 Å².